The van der Waals surface area contributed by atoms with Crippen molar-refractivity contribution in [2.45, 2.75) is 163 Å². The molecule has 2 heterocycles. The molecule has 9 nitrogen and oxygen atoms in total. The molecule has 0 aromatic rings. The SMILES string of the molecule is CC[Si]1(C)O[Si](C)(C)O[Si](C)(C)O[Si](C)(C)O1.CC[Si]1(C)O[Si](C)(C)O[Si](C)(C)O[Si](C)(CC)O1.C[Si](C)(C)O[Si](C)(C)C. The van der Waals surface area contributed by atoms with Crippen LogP contribution in [-0.4, -0.2) is 85.1 Å². The second-order valence-corrected chi connectivity index (χ2v) is 55.3. The van der Waals surface area contributed by atoms with E-state index in [9.17, 15) is 0 Å². The van der Waals surface area contributed by atoms with E-state index in [1.54, 1.807) is 0 Å². The highest BCUT2D eigenvalue weighted by molar-refractivity contribution is 6.94. The largest absolute Gasteiger partial charge is 0.456 e. The molecule has 0 bridgehead atoms. The van der Waals surface area contributed by atoms with Crippen LogP contribution in [-0.2, 0) is 37.0 Å². The molecule has 44 heavy (non-hydrogen) atoms. The molecule has 0 aromatic carbocycles. The standard InChI is InChI=1S/C10H28O4Si4.C9H26O4Si4.C6H18OSi2/c1-9-17(7)12-15(3,4)11-16(5,6)13-18(8,10-2)14-17;1-9-17(8)12-15(4,5)10-14(2,3)11-16(6,7)13-17;1-8(2,3)7-9(4,5)6/h9-10H2,1-8H3;9H2,1-8H3;1-6H3. The van der Waals surface area contributed by atoms with Gasteiger partial charge in [-0.1, -0.05) is 20.8 Å². The van der Waals surface area contributed by atoms with Crippen molar-refractivity contribution in [3.63, 3.8) is 0 Å². The molecule has 266 valence electrons. The van der Waals surface area contributed by atoms with Crippen molar-refractivity contribution in [3.05, 3.63) is 0 Å². The van der Waals surface area contributed by atoms with Crippen molar-refractivity contribution in [1.82, 2.24) is 0 Å². The van der Waals surface area contributed by atoms with Crippen molar-refractivity contribution in [3.8, 4) is 0 Å². The van der Waals surface area contributed by atoms with Gasteiger partial charge in [-0.25, -0.2) is 0 Å². The molecule has 0 amide bonds. The molecule has 2 unspecified atom stereocenters. The van der Waals surface area contributed by atoms with Gasteiger partial charge in [0.15, 0.2) is 16.6 Å². The van der Waals surface area contributed by atoms with Crippen LogP contribution in [0.1, 0.15) is 20.8 Å². The second kappa shape index (κ2) is 15.8. The van der Waals surface area contributed by atoms with Gasteiger partial charge in [0.2, 0.25) is 0 Å². The van der Waals surface area contributed by atoms with Gasteiger partial charge in [0.1, 0.15) is 0 Å². The molecule has 2 fully saturated rings. The molecule has 0 aromatic heterocycles. The quantitative estimate of drug-likeness (QED) is 0.253. The molecule has 0 spiro atoms. The van der Waals surface area contributed by atoms with Crippen LogP contribution in [0.3, 0.4) is 0 Å². The average molecular weight is 798 g/mol. The average Bonchev–Trinajstić information content (AvgIpc) is 2.65. The Bertz CT molecular complexity index is 848. The molecule has 0 N–H and O–H groups in total. The summed E-state index contributed by atoms with van der Waals surface area (Å²) in [4.78, 5) is 0. The van der Waals surface area contributed by atoms with Gasteiger partial charge < -0.3 is 37.0 Å². The predicted molar refractivity (Wildman–Crippen MR) is 210 cm³/mol. The Labute approximate surface area is 284 Å². The van der Waals surface area contributed by atoms with Crippen molar-refractivity contribution >= 4 is 85.1 Å². The zero-order valence-electron chi connectivity index (χ0n) is 32.8. The smallest absolute Gasteiger partial charge is 0.317 e. The molecule has 2 rings (SSSR count). The van der Waals surface area contributed by atoms with E-state index in [1.807, 2.05) is 0 Å². The van der Waals surface area contributed by atoms with Gasteiger partial charge in [-0.15, -0.1) is 0 Å². The van der Waals surface area contributed by atoms with E-state index < -0.39 is 85.1 Å². The fraction of sp³-hybridized carbons (Fsp3) is 1.00. The zero-order valence-corrected chi connectivity index (χ0v) is 42.8. The normalized spacial score (nSPS) is 31.0. The maximum atomic E-state index is 6.46. The predicted octanol–water partition coefficient (Wildman–Crippen LogP) is 9.59. The van der Waals surface area contributed by atoms with E-state index in [0.29, 0.717) is 0 Å². The first-order valence-electron chi connectivity index (χ1n) is 16.4. The topological polar surface area (TPSA) is 83.1 Å². The van der Waals surface area contributed by atoms with E-state index >= 15 is 0 Å². The Hall–Kier alpha value is 1.81. The third-order valence-corrected chi connectivity index (χ3v) is 45.1. The molecule has 0 radical (unpaired) electrons. The summed E-state index contributed by atoms with van der Waals surface area (Å²) in [5.74, 6) is 0. The summed E-state index contributed by atoms with van der Waals surface area (Å²) in [6.45, 7) is 47.2. The fourth-order valence-electron chi connectivity index (χ4n) is 5.83. The second-order valence-electron chi connectivity index (χ2n) is 16.6. The summed E-state index contributed by atoms with van der Waals surface area (Å²) >= 11 is 0. The number of rotatable bonds is 5. The minimum absolute atomic E-state index is 0.939. The third kappa shape index (κ3) is 19.1. The number of hydrogen-bond donors (Lipinski definition) is 0. The first kappa shape index (κ1) is 45.8. The Balaban J connectivity index is 0.000000667. The van der Waals surface area contributed by atoms with E-state index in [1.165, 1.54) is 0 Å². The van der Waals surface area contributed by atoms with Gasteiger partial charge in [-0.05, 0) is 143 Å². The Kier molecular flexibility index (Phi) is 16.4. The third-order valence-electron chi connectivity index (χ3n) is 6.29. The summed E-state index contributed by atoms with van der Waals surface area (Å²) in [7, 11) is -19.6. The zero-order chi connectivity index (χ0) is 35.5. The van der Waals surface area contributed by atoms with Crippen molar-refractivity contribution in [2.75, 3.05) is 0 Å². The van der Waals surface area contributed by atoms with Crippen molar-refractivity contribution < 1.29 is 37.0 Å². The maximum Gasteiger partial charge on any atom is 0.317 e. The minimum Gasteiger partial charge on any atom is -0.456 e. The van der Waals surface area contributed by atoms with Crippen LogP contribution in [0, 0.1) is 0 Å². The molecule has 0 aliphatic carbocycles. The molecule has 2 atom stereocenters. The van der Waals surface area contributed by atoms with Crippen LogP contribution < -0.4 is 0 Å². The van der Waals surface area contributed by atoms with Crippen LogP contribution in [0.4, 0.5) is 0 Å². The van der Waals surface area contributed by atoms with E-state index in [0.717, 1.165) is 18.1 Å². The summed E-state index contributed by atoms with van der Waals surface area (Å²) in [5.41, 5.74) is 0. The van der Waals surface area contributed by atoms with Crippen molar-refractivity contribution in [2.24, 2.45) is 0 Å². The van der Waals surface area contributed by atoms with Crippen LogP contribution in [0.2, 0.25) is 143 Å². The van der Waals surface area contributed by atoms with Gasteiger partial charge in [-0.2, -0.15) is 0 Å². The first-order valence-corrected chi connectivity index (χ1v) is 44.8. The van der Waals surface area contributed by atoms with Gasteiger partial charge in [0.05, 0.1) is 0 Å². The highest BCUT2D eigenvalue weighted by atomic mass is 28.5. The van der Waals surface area contributed by atoms with Gasteiger partial charge in [-0.3, -0.25) is 0 Å². The molecule has 2 aliphatic rings. The first-order chi connectivity index (χ1) is 19.0. The molecular formula is C25H72O9Si10. The van der Waals surface area contributed by atoms with Gasteiger partial charge in [0.25, 0.3) is 0 Å². The lowest BCUT2D eigenvalue weighted by Crippen LogP contribution is -2.65. The van der Waals surface area contributed by atoms with Crippen LogP contribution in [0.15, 0.2) is 0 Å². The van der Waals surface area contributed by atoms with Crippen LogP contribution >= 0.6 is 0 Å². The molecule has 19 heteroatoms. The lowest BCUT2D eigenvalue weighted by atomic mass is 11.0. The summed E-state index contributed by atoms with van der Waals surface area (Å²) in [5, 5.41) is 0. The maximum absolute atomic E-state index is 6.46. The lowest BCUT2D eigenvalue weighted by Gasteiger charge is -2.48. The van der Waals surface area contributed by atoms with Gasteiger partial charge >= 0.3 is 68.5 Å². The van der Waals surface area contributed by atoms with Gasteiger partial charge in [0, 0.05) is 0 Å². The summed E-state index contributed by atoms with van der Waals surface area (Å²) in [6.07, 6.45) is 0. The highest BCUT2D eigenvalue weighted by Crippen LogP contribution is 2.34. The lowest BCUT2D eigenvalue weighted by molar-refractivity contribution is 0.230. The Morgan fingerprint density at radius 2 is 0.523 bits per heavy atom. The Morgan fingerprint density at radius 3 is 0.682 bits per heavy atom. The summed E-state index contributed by atoms with van der Waals surface area (Å²) in [6, 6.07) is 2.83. The van der Waals surface area contributed by atoms with E-state index in [2.05, 4.69) is 145 Å². The monoisotopic (exact) mass is 796 g/mol. The van der Waals surface area contributed by atoms with E-state index in [4.69, 9.17) is 37.0 Å². The highest BCUT2D eigenvalue weighted by Gasteiger charge is 2.53. The molecular weight excluding hydrogens is 725 g/mol. The molecule has 2 aliphatic heterocycles. The molecule has 0 saturated carbocycles. The Morgan fingerprint density at radius 1 is 0.341 bits per heavy atom. The number of hydrogen-bond acceptors (Lipinski definition) is 9. The van der Waals surface area contributed by atoms with Crippen LogP contribution in [0.25, 0.3) is 0 Å². The minimum atomic E-state index is -2.15. The van der Waals surface area contributed by atoms with E-state index in [-0.39, 0.29) is 0 Å². The molecule has 2 saturated heterocycles. The van der Waals surface area contributed by atoms with Crippen molar-refractivity contribution in [1.29, 1.82) is 0 Å². The fourth-order valence-corrected chi connectivity index (χ4v) is 55.5. The van der Waals surface area contributed by atoms with Crippen LogP contribution in [0.5, 0.6) is 0 Å². The summed E-state index contributed by atoms with van der Waals surface area (Å²) < 4.78 is 56.4.